The highest BCUT2D eigenvalue weighted by atomic mass is 127. The van der Waals surface area contributed by atoms with Crippen molar-refractivity contribution in [3.63, 3.8) is 0 Å². The smallest absolute Gasteiger partial charge is 0.211 e. The number of halogens is 1. The van der Waals surface area contributed by atoms with Crippen LogP contribution in [0.3, 0.4) is 0 Å². The normalized spacial score (nSPS) is 25.8. The number of guanidine groups is 1. The predicted octanol–water partition coefficient (Wildman–Crippen LogP) is 0.311. The Morgan fingerprint density at radius 1 is 1.32 bits per heavy atom. The Bertz CT molecular complexity index is 478. The molecule has 2 fully saturated rings. The first kappa shape index (κ1) is 19.9. The van der Waals surface area contributed by atoms with Crippen LogP contribution in [0.2, 0.25) is 0 Å². The molecule has 0 aromatic heterocycles. The van der Waals surface area contributed by atoms with Crippen LogP contribution in [0, 0.1) is 5.92 Å². The molecule has 1 atom stereocenters. The van der Waals surface area contributed by atoms with E-state index in [1.165, 1.54) is 6.26 Å². The molecule has 2 aliphatic heterocycles. The van der Waals surface area contributed by atoms with Gasteiger partial charge in [0.1, 0.15) is 0 Å². The molecule has 2 aliphatic rings. The molecule has 9 heteroatoms. The van der Waals surface area contributed by atoms with E-state index >= 15 is 0 Å². The summed E-state index contributed by atoms with van der Waals surface area (Å²) in [5.74, 6) is 0.996. The molecule has 0 saturated carbocycles. The molecule has 0 bridgehead atoms. The van der Waals surface area contributed by atoms with Gasteiger partial charge in [0.05, 0.1) is 19.0 Å². The third kappa shape index (κ3) is 5.82. The first-order valence-electron chi connectivity index (χ1n) is 7.48. The van der Waals surface area contributed by atoms with Crippen molar-refractivity contribution in [1.82, 2.24) is 9.21 Å². The minimum absolute atomic E-state index is 0. The minimum Gasteiger partial charge on any atom is -0.375 e. The topological polar surface area (TPSA) is 88.2 Å². The number of rotatable bonds is 3. The summed E-state index contributed by atoms with van der Waals surface area (Å²) in [6.07, 6.45) is 3.15. The highest BCUT2D eigenvalue weighted by molar-refractivity contribution is 14.0. The third-order valence-corrected chi connectivity index (χ3v) is 5.42. The molecule has 22 heavy (non-hydrogen) atoms. The average molecular weight is 446 g/mol. The lowest BCUT2D eigenvalue weighted by Gasteiger charge is -2.32. The quantitative estimate of drug-likeness (QED) is 0.383. The monoisotopic (exact) mass is 446 g/mol. The number of ether oxygens (including phenoxy) is 1. The molecule has 0 radical (unpaired) electrons. The molecule has 0 amide bonds. The van der Waals surface area contributed by atoms with E-state index in [0.717, 1.165) is 25.9 Å². The number of nitrogens with two attached hydrogens (primary N) is 1. The number of nitrogens with zero attached hydrogens (tertiary/aromatic N) is 3. The van der Waals surface area contributed by atoms with Crippen LogP contribution >= 0.6 is 24.0 Å². The molecule has 0 aromatic rings. The van der Waals surface area contributed by atoms with Crippen molar-refractivity contribution in [2.24, 2.45) is 16.6 Å². The van der Waals surface area contributed by atoms with Crippen molar-refractivity contribution in [3.8, 4) is 0 Å². The Morgan fingerprint density at radius 3 is 2.50 bits per heavy atom. The molecule has 2 saturated heterocycles. The fourth-order valence-electron chi connectivity index (χ4n) is 2.77. The van der Waals surface area contributed by atoms with Gasteiger partial charge in [0.15, 0.2) is 5.96 Å². The van der Waals surface area contributed by atoms with E-state index in [-0.39, 0.29) is 30.1 Å². The second-order valence-electron chi connectivity index (χ2n) is 5.93. The first-order valence-corrected chi connectivity index (χ1v) is 9.32. The maximum atomic E-state index is 11.5. The molecule has 2 rings (SSSR count). The van der Waals surface area contributed by atoms with E-state index in [1.54, 1.807) is 4.31 Å². The molecule has 1 unspecified atom stereocenters. The van der Waals surface area contributed by atoms with Crippen molar-refractivity contribution < 1.29 is 13.2 Å². The minimum atomic E-state index is -3.05. The maximum Gasteiger partial charge on any atom is 0.211 e. The molecule has 7 nitrogen and oxygen atoms in total. The van der Waals surface area contributed by atoms with Gasteiger partial charge in [-0.15, -0.1) is 24.0 Å². The number of morpholine rings is 1. The van der Waals surface area contributed by atoms with Crippen LogP contribution in [-0.2, 0) is 14.8 Å². The van der Waals surface area contributed by atoms with Crippen LogP contribution in [0.15, 0.2) is 4.99 Å². The number of piperidine rings is 1. The van der Waals surface area contributed by atoms with Gasteiger partial charge in [-0.3, -0.25) is 4.99 Å². The average Bonchev–Trinajstić information content (AvgIpc) is 2.44. The van der Waals surface area contributed by atoms with Gasteiger partial charge in [-0.25, -0.2) is 12.7 Å². The number of hydrogen-bond donors (Lipinski definition) is 1. The van der Waals surface area contributed by atoms with Crippen LogP contribution in [0.25, 0.3) is 0 Å². The van der Waals surface area contributed by atoms with Crippen molar-refractivity contribution in [2.75, 3.05) is 45.6 Å². The van der Waals surface area contributed by atoms with Gasteiger partial charge in [0.2, 0.25) is 10.0 Å². The van der Waals surface area contributed by atoms with Gasteiger partial charge in [-0.1, -0.05) is 0 Å². The molecule has 0 spiro atoms. The lowest BCUT2D eigenvalue weighted by Crippen LogP contribution is -2.48. The lowest BCUT2D eigenvalue weighted by molar-refractivity contribution is 0.00526. The van der Waals surface area contributed by atoms with E-state index in [0.29, 0.717) is 38.1 Å². The van der Waals surface area contributed by atoms with Gasteiger partial charge in [0.25, 0.3) is 0 Å². The van der Waals surface area contributed by atoms with Gasteiger partial charge in [0, 0.05) is 32.7 Å². The summed E-state index contributed by atoms with van der Waals surface area (Å²) in [6, 6.07) is 0. The molecular weight excluding hydrogens is 419 g/mol. The highest BCUT2D eigenvalue weighted by Gasteiger charge is 2.25. The van der Waals surface area contributed by atoms with Crippen LogP contribution in [0.4, 0.5) is 0 Å². The Hall–Kier alpha value is -0.130. The largest absolute Gasteiger partial charge is 0.375 e. The fraction of sp³-hybridized carbons (Fsp3) is 0.923. The summed E-state index contributed by atoms with van der Waals surface area (Å²) in [5, 5.41) is 0. The predicted molar refractivity (Wildman–Crippen MR) is 98.0 cm³/mol. The second-order valence-corrected chi connectivity index (χ2v) is 7.91. The van der Waals surface area contributed by atoms with Crippen molar-refractivity contribution in [3.05, 3.63) is 0 Å². The first-order chi connectivity index (χ1) is 9.86. The van der Waals surface area contributed by atoms with Gasteiger partial charge < -0.3 is 15.4 Å². The van der Waals surface area contributed by atoms with E-state index in [1.807, 2.05) is 6.92 Å². The summed E-state index contributed by atoms with van der Waals surface area (Å²) in [7, 11) is -3.05. The van der Waals surface area contributed by atoms with E-state index in [9.17, 15) is 8.42 Å². The molecule has 0 aromatic carbocycles. The van der Waals surface area contributed by atoms with Crippen LogP contribution in [-0.4, -0.2) is 75.3 Å². The van der Waals surface area contributed by atoms with Crippen molar-refractivity contribution in [1.29, 1.82) is 0 Å². The highest BCUT2D eigenvalue weighted by Crippen LogP contribution is 2.19. The second kappa shape index (κ2) is 8.65. The Labute approximate surface area is 150 Å². The molecule has 2 N–H and O–H groups in total. The van der Waals surface area contributed by atoms with E-state index in [2.05, 4.69) is 9.89 Å². The Balaban J connectivity index is 0.00000242. The zero-order valence-corrected chi connectivity index (χ0v) is 16.4. The van der Waals surface area contributed by atoms with Gasteiger partial charge in [-0.2, -0.15) is 0 Å². The van der Waals surface area contributed by atoms with Crippen LogP contribution in [0.5, 0.6) is 0 Å². The molecule has 2 heterocycles. The Kier molecular flexibility index (Phi) is 7.83. The summed E-state index contributed by atoms with van der Waals surface area (Å²) in [5.41, 5.74) is 6.04. The van der Waals surface area contributed by atoms with Crippen molar-refractivity contribution in [2.45, 2.75) is 25.9 Å². The van der Waals surface area contributed by atoms with Gasteiger partial charge in [-0.05, 0) is 25.7 Å². The maximum absolute atomic E-state index is 11.5. The zero-order valence-electron chi connectivity index (χ0n) is 13.3. The molecule has 0 aliphatic carbocycles. The SMILES string of the molecule is CC1CN(C(N)=NCC2CCN(S(C)(=O)=O)CC2)CCO1.I. The van der Waals surface area contributed by atoms with Gasteiger partial charge >= 0.3 is 0 Å². The number of sulfonamides is 1. The number of hydrogen-bond acceptors (Lipinski definition) is 4. The number of aliphatic imine (C=N–C) groups is 1. The summed E-state index contributed by atoms with van der Waals surface area (Å²) in [4.78, 5) is 6.55. The van der Waals surface area contributed by atoms with Crippen molar-refractivity contribution >= 4 is 40.0 Å². The third-order valence-electron chi connectivity index (χ3n) is 4.12. The van der Waals surface area contributed by atoms with Crippen LogP contribution < -0.4 is 5.73 Å². The standard InChI is InChI=1S/C13H26N4O3S.HI/c1-11-10-16(7-8-20-11)13(14)15-9-12-3-5-17(6-4-12)21(2,18)19;/h11-12H,3-10H2,1-2H3,(H2,14,15);1H. The Morgan fingerprint density at radius 2 is 1.95 bits per heavy atom. The lowest BCUT2D eigenvalue weighted by atomic mass is 9.98. The van der Waals surface area contributed by atoms with Crippen LogP contribution in [0.1, 0.15) is 19.8 Å². The molecular formula is C13H27IN4O3S. The van der Waals surface area contributed by atoms with E-state index < -0.39 is 10.0 Å². The zero-order chi connectivity index (χ0) is 15.5. The summed E-state index contributed by atoms with van der Waals surface area (Å²) >= 11 is 0. The molecule has 130 valence electrons. The fourth-order valence-corrected chi connectivity index (χ4v) is 3.65. The van der Waals surface area contributed by atoms with E-state index in [4.69, 9.17) is 10.5 Å². The summed E-state index contributed by atoms with van der Waals surface area (Å²) in [6.45, 7) is 6.13. The summed E-state index contributed by atoms with van der Waals surface area (Å²) < 4.78 is 29.9.